The Balaban J connectivity index is 1.61. The van der Waals surface area contributed by atoms with Gasteiger partial charge in [0.05, 0.1) is 17.8 Å². The van der Waals surface area contributed by atoms with Crippen LogP contribution in [0.25, 0.3) is 0 Å². The van der Waals surface area contributed by atoms with Crippen molar-refractivity contribution in [3.05, 3.63) is 35.5 Å². The van der Waals surface area contributed by atoms with Crippen molar-refractivity contribution in [1.82, 2.24) is 0 Å². The lowest BCUT2D eigenvalue weighted by Gasteiger charge is -2.35. The number of fused-ring (bicyclic) bond motifs is 1. The Morgan fingerprint density at radius 3 is 2.58 bits per heavy atom. The fourth-order valence-corrected chi connectivity index (χ4v) is 6.65. The van der Waals surface area contributed by atoms with Gasteiger partial charge in [0.1, 0.15) is 0 Å². The third kappa shape index (κ3) is 5.92. The van der Waals surface area contributed by atoms with Crippen molar-refractivity contribution >= 4 is 0 Å². The zero-order chi connectivity index (χ0) is 22.6. The van der Waals surface area contributed by atoms with E-state index in [0.717, 1.165) is 54.6 Å². The second-order valence-corrected chi connectivity index (χ2v) is 10.8. The molecule has 0 bridgehead atoms. The standard InChI is InChI=1S/C28H46O3/c1-5-28(31,6-2)16-8-9-19(3)24-14-15-25-21(10-7-11-26(24)25)12-13-22-17-23(29)18-27(30)20(22)4/h12-13,19,23-27,29-31H,4-11,14-18H2,1-3H3/b21-12+,22-13-/t19-,23?,24?,25?,26?,27?/m1/s1. The molecule has 0 aliphatic heterocycles. The third-order valence-corrected chi connectivity index (χ3v) is 8.97. The zero-order valence-corrected chi connectivity index (χ0v) is 20.2. The van der Waals surface area contributed by atoms with E-state index in [-0.39, 0.29) is 0 Å². The Bertz CT molecular complexity index is 672. The Labute approximate surface area is 190 Å². The molecule has 3 aliphatic carbocycles. The highest BCUT2D eigenvalue weighted by Crippen LogP contribution is 2.51. The zero-order valence-electron chi connectivity index (χ0n) is 20.2. The van der Waals surface area contributed by atoms with E-state index in [1.807, 2.05) is 0 Å². The van der Waals surface area contributed by atoms with E-state index < -0.39 is 17.8 Å². The summed E-state index contributed by atoms with van der Waals surface area (Å²) < 4.78 is 0. The molecule has 0 aromatic carbocycles. The van der Waals surface area contributed by atoms with Gasteiger partial charge in [-0.25, -0.2) is 0 Å². The summed E-state index contributed by atoms with van der Waals surface area (Å²) in [7, 11) is 0. The highest BCUT2D eigenvalue weighted by atomic mass is 16.3. The van der Waals surface area contributed by atoms with Crippen molar-refractivity contribution in [3.63, 3.8) is 0 Å². The van der Waals surface area contributed by atoms with Crippen molar-refractivity contribution in [2.75, 3.05) is 0 Å². The maximum atomic E-state index is 10.6. The summed E-state index contributed by atoms with van der Waals surface area (Å²) in [5.74, 6) is 3.04. The first-order valence-electron chi connectivity index (χ1n) is 12.9. The molecule has 0 heterocycles. The van der Waals surface area contributed by atoms with Gasteiger partial charge in [0, 0.05) is 6.42 Å². The fraction of sp³-hybridized carbons (Fsp3) is 0.786. The van der Waals surface area contributed by atoms with Gasteiger partial charge in [0.25, 0.3) is 0 Å². The van der Waals surface area contributed by atoms with E-state index in [4.69, 9.17) is 0 Å². The van der Waals surface area contributed by atoms with Crippen LogP contribution in [-0.4, -0.2) is 33.1 Å². The first-order chi connectivity index (χ1) is 14.8. The minimum absolute atomic E-state index is 0.408. The summed E-state index contributed by atoms with van der Waals surface area (Å²) in [4.78, 5) is 0. The second kappa shape index (κ2) is 10.8. The molecule has 3 aliphatic rings. The molecular formula is C28H46O3. The van der Waals surface area contributed by atoms with E-state index in [0.29, 0.717) is 18.8 Å². The SMILES string of the molecule is C=C1/C(=C\C=C2/CCCC3C2CCC3[C@H](C)CCCC(O)(CC)CC)CC(O)CC1O. The predicted octanol–water partition coefficient (Wildman–Crippen LogP) is 6.09. The van der Waals surface area contributed by atoms with Gasteiger partial charge in [-0.1, -0.05) is 57.9 Å². The van der Waals surface area contributed by atoms with Crippen LogP contribution in [0.1, 0.15) is 97.8 Å². The summed E-state index contributed by atoms with van der Waals surface area (Å²) >= 11 is 0. The van der Waals surface area contributed by atoms with Gasteiger partial charge < -0.3 is 15.3 Å². The smallest absolute Gasteiger partial charge is 0.0811 e. The summed E-state index contributed by atoms with van der Waals surface area (Å²) in [6.07, 6.45) is 15.8. The Kier molecular flexibility index (Phi) is 8.63. The molecule has 3 rings (SSSR count). The van der Waals surface area contributed by atoms with Crippen molar-refractivity contribution in [2.24, 2.45) is 23.7 Å². The molecule has 3 heteroatoms. The molecule has 3 fully saturated rings. The number of allylic oxidation sites excluding steroid dienone is 3. The topological polar surface area (TPSA) is 60.7 Å². The molecule has 0 aromatic rings. The largest absolute Gasteiger partial charge is 0.393 e. The first-order valence-corrected chi connectivity index (χ1v) is 12.9. The van der Waals surface area contributed by atoms with E-state index in [2.05, 4.69) is 39.5 Å². The number of rotatable bonds is 8. The van der Waals surface area contributed by atoms with Crippen molar-refractivity contribution < 1.29 is 15.3 Å². The first kappa shape index (κ1) is 24.7. The molecule has 3 saturated carbocycles. The highest BCUT2D eigenvalue weighted by molar-refractivity contribution is 5.38. The molecule has 3 nitrogen and oxygen atoms in total. The van der Waals surface area contributed by atoms with Gasteiger partial charge in [-0.2, -0.15) is 0 Å². The van der Waals surface area contributed by atoms with Gasteiger partial charge in [-0.05, 0) is 92.6 Å². The molecule has 6 atom stereocenters. The van der Waals surface area contributed by atoms with Crippen LogP contribution >= 0.6 is 0 Å². The quantitative estimate of drug-likeness (QED) is 0.436. The highest BCUT2D eigenvalue weighted by Gasteiger charge is 2.41. The number of hydrogen-bond acceptors (Lipinski definition) is 3. The molecule has 0 radical (unpaired) electrons. The Morgan fingerprint density at radius 2 is 1.87 bits per heavy atom. The summed E-state index contributed by atoms with van der Waals surface area (Å²) in [5.41, 5.74) is 2.91. The lowest BCUT2D eigenvalue weighted by Crippen LogP contribution is -2.28. The van der Waals surface area contributed by atoms with Crippen LogP contribution in [0.5, 0.6) is 0 Å². The molecule has 0 spiro atoms. The molecular weight excluding hydrogens is 384 g/mol. The van der Waals surface area contributed by atoms with Gasteiger partial charge >= 0.3 is 0 Å². The van der Waals surface area contributed by atoms with Gasteiger partial charge in [-0.3, -0.25) is 0 Å². The number of aliphatic hydroxyl groups is 3. The van der Waals surface area contributed by atoms with Crippen molar-refractivity contribution in [2.45, 2.75) is 116 Å². The predicted molar refractivity (Wildman–Crippen MR) is 129 cm³/mol. The van der Waals surface area contributed by atoms with Gasteiger partial charge in [0.2, 0.25) is 0 Å². The van der Waals surface area contributed by atoms with Crippen LogP contribution in [0, 0.1) is 23.7 Å². The number of aliphatic hydroxyl groups excluding tert-OH is 2. The molecule has 0 amide bonds. The molecule has 0 saturated heterocycles. The maximum Gasteiger partial charge on any atom is 0.0811 e. The second-order valence-electron chi connectivity index (χ2n) is 10.8. The van der Waals surface area contributed by atoms with Gasteiger partial charge in [0.15, 0.2) is 0 Å². The Morgan fingerprint density at radius 1 is 1.13 bits per heavy atom. The van der Waals surface area contributed by atoms with Crippen LogP contribution in [0.3, 0.4) is 0 Å². The van der Waals surface area contributed by atoms with Crippen LogP contribution in [0.2, 0.25) is 0 Å². The molecule has 176 valence electrons. The van der Waals surface area contributed by atoms with Crippen LogP contribution < -0.4 is 0 Å². The van der Waals surface area contributed by atoms with E-state index >= 15 is 0 Å². The minimum Gasteiger partial charge on any atom is -0.393 e. The lowest BCUT2D eigenvalue weighted by atomic mass is 9.71. The number of hydrogen-bond donors (Lipinski definition) is 3. The van der Waals surface area contributed by atoms with Crippen LogP contribution in [-0.2, 0) is 0 Å². The van der Waals surface area contributed by atoms with E-state index in [9.17, 15) is 15.3 Å². The minimum atomic E-state index is -0.609. The normalized spacial score (nSPS) is 35.5. The Hall–Kier alpha value is -0.900. The van der Waals surface area contributed by atoms with Gasteiger partial charge in [-0.15, -0.1) is 0 Å². The van der Waals surface area contributed by atoms with Crippen molar-refractivity contribution in [3.8, 4) is 0 Å². The average molecular weight is 431 g/mol. The average Bonchev–Trinajstić information content (AvgIpc) is 3.20. The van der Waals surface area contributed by atoms with E-state index in [1.165, 1.54) is 38.5 Å². The lowest BCUT2D eigenvalue weighted by molar-refractivity contribution is 0.0193. The molecule has 5 unspecified atom stereocenters. The fourth-order valence-electron chi connectivity index (χ4n) is 6.65. The summed E-state index contributed by atoms with van der Waals surface area (Å²) in [6.45, 7) is 10.7. The maximum absolute atomic E-state index is 10.6. The molecule has 3 N–H and O–H groups in total. The summed E-state index contributed by atoms with van der Waals surface area (Å²) in [5, 5.41) is 30.7. The molecule has 0 aromatic heterocycles. The summed E-state index contributed by atoms with van der Waals surface area (Å²) in [6, 6.07) is 0. The molecule has 31 heavy (non-hydrogen) atoms. The van der Waals surface area contributed by atoms with Crippen LogP contribution in [0.4, 0.5) is 0 Å². The third-order valence-electron chi connectivity index (χ3n) is 8.97. The monoisotopic (exact) mass is 430 g/mol. The van der Waals surface area contributed by atoms with Crippen molar-refractivity contribution in [1.29, 1.82) is 0 Å². The van der Waals surface area contributed by atoms with Crippen LogP contribution in [0.15, 0.2) is 35.5 Å². The van der Waals surface area contributed by atoms with E-state index in [1.54, 1.807) is 5.57 Å².